The molecule has 2 heterocycles. The molecule has 0 radical (unpaired) electrons. The van der Waals surface area contributed by atoms with Gasteiger partial charge in [0.1, 0.15) is 28.8 Å². The van der Waals surface area contributed by atoms with Crippen molar-refractivity contribution in [3.8, 4) is 11.5 Å². The third-order valence-corrected chi connectivity index (χ3v) is 6.81. The number of thiazole rings is 1. The number of anilines is 3. The lowest BCUT2D eigenvalue weighted by Gasteiger charge is -2.18. The lowest BCUT2D eigenvalue weighted by atomic mass is 9.99. The van der Waals surface area contributed by atoms with E-state index < -0.39 is 0 Å². The summed E-state index contributed by atoms with van der Waals surface area (Å²) in [6.07, 6.45) is 0. The molecule has 0 aliphatic carbocycles. The van der Waals surface area contributed by atoms with E-state index in [-0.39, 0.29) is 17.5 Å². The minimum atomic E-state index is -0.128. The van der Waals surface area contributed by atoms with Gasteiger partial charge >= 0.3 is 0 Å². The van der Waals surface area contributed by atoms with Crippen LogP contribution in [0.25, 0.3) is 0 Å². The smallest absolute Gasteiger partial charge is 0.206 e. The molecule has 1 aliphatic heterocycles. The summed E-state index contributed by atoms with van der Waals surface area (Å²) in [7, 11) is 0. The van der Waals surface area contributed by atoms with Gasteiger partial charge in [0.05, 0.1) is 6.61 Å². The fourth-order valence-electron chi connectivity index (χ4n) is 3.78. The Morgan fingerprint density at radius 3 is 2.73 bits per heavy atom. The molecule has 1 aromatic heterocycles. The SMILES string of the molecule is CCN(CC)CCOc1ccc(Nc2nc(N)c(C(=O)c3ccc4c(c3)C(C)CO4)s2)cc1. The maximum absolute atomic E-state index is 13.1. The Bertz CT molecular complexity index is 1110. The van der Waals surface area contributed by atoms with Gasteiger partial charge in [0.2, 0.25) is 5.78 Å². The fourth-order valence-corrected chi connectivity index (χ4v) is 4.65. The van der Waals surface area contributed by atoms with Crippen molar-refractivity contribution in [2.45, 2.75) is 26.7 Å². The summed E-state index contributed by atoms with van der Waals surface area (Å²) in [5.41, 5.74) is 8.59. The average Bonchev–Trinajstić information content (AvgIpc) is 3.39. The molecule has 3 aromatic rings. The minimum Gasteiger partial charge on any atom is -0.493 e. The van der Waals surface area contributed by atoms with Gasteiger partial charge in [-0.25, -0.2) is 4.98 Å². The van der Waals surface area contributed by atoms with Crippen LogP contribution < -0.4 is 20.5 Å². The van der Waals surface area contributed by atoms with Crippen LogP contribution in [0, 0.1) is 0 Å². The predicted octanol–water partition coefficient (Wildman–Crippen LogP) is 4.92. The lowest BCUT2D eigenvalue weighted by molar-refractivity contribution is 0.104. The molecular formula is C25H30N4O3S. The van der Waals surface area contributed by atoms with Crippen molar-refractivity contribution in [1.29, 1.82) is 0 Å². The maximum atomic E-state index is 13.1. The van der Waals surface area contributed by atoms with Crippen molar-refractivity contribution >= 4 is 33.8 Å². The minimum absolute atomic E-state index is 0.128. The normalized spacial score (nSPS) is 14.7. The van der Waals surface area contributed by atoms with Gasteiger partial charge in [-0.15, -0.1) is 0 Å². The molecule has 33 heavy (non-hydrogen) atoms. The van der Waals surface area contributed by atoms with Gasteiger partial charge in [-0.2, -0.15) is 0 Å². The van der Waals surface area contributed by atoms with Gasteiger partial charge in [0.25, 0.3) is 0 Å². The van der Waals surface area contributed by atoms with Gasteiger partial charge in [-0.05, 0) is 55.6 Å². The molecule has 0 saturated carbocycles. The maximum Gasteiger partial charge on any atom is 0.206 e. The molecule has 1 unspecified atom stereocenters. The Morgan fingerprint density at radius 2 is 2.00 bits per heavy atom. The van der Waals surface area contributed by atoms with Crippen LogP contribution in [-0.2, 0) is 0 Å². The van der Waals surface area contributed by atoms with Crippen molar-refractivity contribution in [3.63, 3.8) is 0 Å². The van der Waals surface area contributed by atoms with Crippen molar-refractivity contribution in [2.24, 2.45) is 0 Å². The summed E-state index contributed by atoms with van der Waals surface area (Å²) < 4.78 is 11.5. The van der Waals surface area contributed by atoms with Crippen LogP contribution in [0.2, 0.25) is 0 Å². The number of hydrogen-bond donors (Lipinski definition) is 2. The van der Waals surface area contributed by atoms with Crippen LogP contribution in [0.5, 0.6) is 11.5 Å². The molecule has 1 aliphatic rings. The zero-order chi connectivity index (χ0) is 23.4. The predicted molar refractivity (Wildman–Crippen MR) is 133 cm³/mol. The van der Waals surface area contributed by atoms with Crippen LogP contribution in [0.3, 0.4) is 0 Å². The molecule has 8 heteroatoms. The number of likely N-dealkylation sites (N-methyl/N-ethyl adjacent to an activating group) is 1. The van der Waals surface area contributed by atoms with Crippen LogP contribution in [0.1, 0.15) is 47.5 Å². The van der Waals surface area contributed by atoms with Gasteiger partial charge < -0.3 is 25.4 Å². The summed E-state index contributed by atoms with van der Waals surface area (Å²) in [6.45, 7) is 10.6. The fraction of sp³-hybridized carbons (Fsp3) is 0.360. The highest BCUT2D eigenvalue weighted by molar-refractivity contribution is 7.18. The van der Waals surface area contributed by atoms with Gasteiger partial charge in [-0.1, -0.05) is 32.1 Å². The van der Waals surface area contributed by atoms with Crippen molar-refractivity contribution in [1.82, 2.24) is 9.88 Å². The Hall–Kier alpha value is -3.10. The Labute approximate surface area is 198 Å². The van der Waals surface area contributed by atoms with E-state index in [0.29, 0.717) is 28.8 Å². The molecular weight excluding hydrogens is 436 g/mol. The van der Waals surface area contributed by atoms with E-state index in [9.17, 15) is 4.79 Å². The number of ketones is 1. The zero-order valence-electron chi connectivity index (χ0n) is 19.3. The number of carbonyl (C=O) groups is 1. The van der Waals surface area contributed by atoms with Gasteiger partial charge in [-0.3, -0.25) is 4.79 Å². The lowest BCUT2D eigenvalue weighted by Crippen LogP contribution is -2.27. The van der Waals surface area contributed by atoms with E-state index in [1.165, 1.54) is 11.3 Å². The first-order valence-electron chi connectivity index (χ1n) is 11.3. The molecule has 0 amide bonds. The number of ether oxygens (including phenoxy) is 2. The summed E-state index contributed by atoms with van der Waals surface area (Å²) in [6, 6.07) is 13.2. The largest absolute Gasteiger partial charge is 0.493 e. The van der Waals surface area contributed by atoms with Crippen LogP contribution >= 0.6 is 11.3 Å². The Balaban J connectivity index is 1.39. The van der Waals surface area contributed by atoms with Crippen LogP contribution in [-0.4, -0.2) is 48.5 Å². The average molecular weight is 467 g/mol. The van der Waals surface area contributed by atoms with E-state index in [4.69, 9.17) is 15.2 Å². The first-order chi connectivity index (χ1) is 16.0. The molecule has 4 rings (SSSR count). The second-order valence-corrected chi connectivity index (χ2v) is 9.05. The van der Waals surface area contributed by atoms with E-state index in [2.05, 4.69) is 36.0 Å². The topological polar surface area (TPSA) is 89.7 Å². The van der Waals surface area contributed by atoms with Crippen molar-refractivity contribution < 1.29 is 14.3 Å². The highest BCUT2D eigenvalue weighted by Crippen LogP contribution is 2.36. The molecule has 0 saturated heterocycles. The first kappa shape index (κ1) is 23.1. The first-order valence-corrected chi connectivity index (χ1v) is 12.1. The van der Waals surface area contributed by atoms with Crippen molar-refractivity contribution in [3.05, 3.63) is 58.5 Å². The quantitative estimate of drug-likeness (QED) is 0.410. The number of nitrogens with zero attached hydrogens (tertiary/aromatic N) is 2. The van der Waals surface area contributed by atoms with Gasteiger partial charge in [0, 0.05) is 29.3 Å². The summed E-state index contributed by atoms with van der Waals surface area (Å²) in [5.74, 6) is 2.04. The monoisotopic (exact) mass is 466 g/mol. The number of nitrogens with one attached hydrogen (secondary N) is 1. The Morgan fingerprint density at radius 1 is 1.24 bits per heavy atom. The Kier molecular flexibility index (Phi) is 7.15. The number of benzene rings is 2. The van der Waals surface area contributed by atoms with E-state index >= 15 is 0 Å². The molecule has 0 bridgehead atoms. The molecule has 0 spiro atoms. The molecule has 1 atom stereocenters. The number of carbonyl (C=O) groups excluding carboxylic acids is 1. The molecule has 2 aromatic carbocycles. The number of hydrogen-bond acceptors (Lipinski definition) is 8. The number of fused-ring (bicyclic) bond motifs is 1. The highest BCUT2D eigenvalue weighted by Gasteiger charge is 2.24. The van der Waals surface area contributed by atoms with E-state index in [1.54, 1.807) is 6.07 Å². The van der Waals surface area contributed by atoms with Gasteiger partial charge in [0.15, 0.2) is 5.13 Å². The second kappa shape index (κ2) is 10.2. The summed E-state index contributed by atoms with van der Waals surface area (Å²) in [5, 5.41) is 3.80. The molecule has 7 nitrogen and oxygen atoms in total. The standard InChI is InChI=1S/C25H30N4O3S/c1-4-29(5-2)12-13-31-19-9-7-18(8-10-19)27-25-28-24(26)23(33-25)22(30)17-6-11-21-20(14-17)16(3)15-32-21/h6-11,14,16H,4-5,12-13,15,26H2,1-3H3,(H,27,28). The number of rotatable bonds is 10. The zero-order valence-corrected chi connectivity index (χ0v) is 20.1. The number of nitrogens with two attached hydrogens (primary N) is 1. The molecule has 0 fully saturated rings. The molecule has 3 N–H and O–H groups in total. The highest BCUT2D eigenvalue weighted by atomic mass is 32.1. The summed E-state index contributed by atoms with van der Waals surface area (Å²) >= 11 is 1.25. The third kappa shape index (κ3) is 5.29. The number of aromatic nitrogens is 1. The number of nitrogen functional groups attached to an aromatic ring is 1. The third-order valence-electron chi connectivity index (χ3n) is 5.83. The summed E-state index contributed by atoms with van der Waals surface area (Å²) in [4.78, 5) is 20.2. The van der Waals surface area contributed by atoms with Crippen LogP contribution in [0.15, 0.2) is 42.5 Å². The van der Waals surface area contributed by atoms with E-state index in [1.807, 2.05) is 36.4 Å². The van der Waals surface area contributed by atoms with E-state index in [0.717, 1.165) is 42.4 Å². The van der Waals surface area contributed by atoms with Crippen molar-refractivity contribution in [2.75, 3.05) is 43.9 Å². The second-order valence-electron chi connectivity index (χ2n) is 8.05. The van der Waals surface area contributed by atoms with Crippen LogP contribution in [0.4, 0.5) is 16.6 Å². The molecule has 174 valence electrons.